The summed E-state index contributed by atoms with van der Waals surface area (Å²) in [5.41, 5.74) is 0.423. The van der Waals surface area contributed by atoms with E-state index < -0.39 is 0 Å². The molecule has 2 aliphatic rings. The van der Waals surface area contributed by atoms with Gasteiger partial charge in [-0.3, -0.25) is 0 Å². The zero-order valence-electron chi connectivity index (χ0n) is 11.3. The predicted molar refractivity (Wildman–Crippen MR) is 69.7 cm³/mol. The van der Waals surface area contributed by atoms with E-state index in [0.717, 1.165) is 12.1 Å². The first-order valence-electron chi connectivity index (χ1n) is 7.07. The first kappa shape index (κ1) is 12.4. The molecule has 2 heteroatoms. The van der Waals surface area contributed by atoms with Crippen LogP contribution in [0.5, 0.6) is 0 Å². The van der Waals surface area contributed by atoms with Gasteiger partial charge < -0.3 is 10.2 Å². The van der Waals surface area contributed by atoms with Gasteiger partial charge in [-0.05, 0) is 40.2 Å². The molecular weight excluding hydrogens is 196 g/mol. The summed E-state index contributed by atoms with van der Waals surface area (Å²) in [6.45, 7) is 6.02. The van der Waals surface area contributed by atoms with Crippen molar-refractivity contribution in [3.63, 3.8) is 0 Å². The minimum atomic E-state index is 0.423. The number of rotatable bonds is 2. The average molecular weight is 224 g/mol. The molecule has 0 aromatic carbocycles. The average Bonchev–Trinajstić information content (AvgIpc) is 2.42. The first-order chi connectivity index (χ1) is 7.59. The van der Waals surface area contributed by atoms with Crippen molar-refractivity contribution >= 4 is 0 Å². The van der Waals surface area contributed by atoms with Crippen LogP contribution in [0.2, 0.25) is 0 Å². The van der Waals surface area contributed by atoms with E-state index in [-0.39, 0.29) is 0 Å². The van der Waals surface area contributed by atoms with E-state index in [4.69, 9.17) is 0 Å². The lowest BCUT2D eigenvalue weighted by atomic mass is 9.91. The Kier molecular flexibility index (Phi) is 3.91. The Labute approximate surface area is 101 Å². The molecular formula is C14H28N2. The molecule has 2 nitrogen and oxygen atoms in total. The fourth-order valence-corrected chi connectivity index (χ4v) is 3.44. The van der Waals surface area contributed by atoms with Gasteiger partial charge in [0.1, 0.15) is 0 Å². The largest absolute Gasteiger partial charge is 0.307 e. The fourth-order valence-electron chi connectivity index (χ4n) is 3.44. The quantitative estimate of drug-likeness (QED) is 0.726. The van der Waals surface area contributed by atoms with Crippen molar-refractivity contribution in [3.8, 4) is 0 Å². The Morgan fingerprint density at radius 2 is 1.75 bits per heavy atom. The van der Waals surface area contributed by atoms with Gasteiger partial charge in [-0.25, -0.2) is 0 Å². The molecule has 2 atom stereocenters. The SMILES string of the molecule is CC1CC(NC2(C)CCCCCC2)CN1C. The van der Waals surface area contributed by atoms with Crippen molar-refractivity contribution in [2.45, 2.75) is 76.4 Å². The third kappa shape index (κ3) is 2.98. The predicted octanol–water partition coefficient (Wildman–Crippen LogP) is 2.78. The molecule has 0 spiro atoms. The van der Waals surface area contributed by atoms with Gasteiger partial charge >= 0.3 is 0 Å². The van der Waals surface area contributed by atoms with E-state index >= 15 is 0 Å². The monoisotopic (exact) mass is 224 g/mol. The number of nitrogens with one attached hydrogen (secondary N) is 1. The molecule has 1 aliphatic carbocycles. The van der Waals surface area contributed by atoms with Gasteiger partial charge in [0.25, 0.3) is 0 Å². The second-order valence-corrected chi connectivity index (χ2v) is 6.34. The molecule has 1 saturated carbocycles. The number of hydrogen-bond donors (Lipinski definition) is 1. The highest BCUT2D eigenvalue weighted by atomic mass is 15.2. The fraction of sp³-hybridized carbons (Fsp3) is 1.00. The summed E-state index contributed by atoms with van der Waals surface area (Å²) in [6, 6.07) is 1.48. The van der Waals surface area contributed by atoms with Crippen LogP contribution >= 0.6 is 0 Å². The molecule has 0 radical (unpaired) electrons. The zero-order valence-corrected chi connectivity index (χ0v) is 11.3. The van der Waals surface area contributed by atoms with E-state index in [1.807, 2.05) is 0 Å². The van der Waals surface area contributed by atoms with Crippen molar-refractivity contribution in [2.24, 2.45) is 0 Å². The topological polar surface area (TPSA) is 15.3 Å². The van der Waals surface area contributed by atoms with Crippen LogP contribution in [0.4, 0.5) is 0 Å². The lowest BCUT2D eigenvalue weighted by Crippen LogP contribution is -2.48. The molecule has 16 heavy (non-hydrogen) atoms. The summed E-state index contributed by atoms with van der Waals surface area (Å²) in [6.07, 6.45) is 9.80. The number of nitrogens with zero attached hydrogens (tertiary/aromatic N) is 1. The Morgan fingerprint density at radius 3 is 2.25 bits per heavy atom. The van der Waals surface area contributed by atoms with Crippen LogP contribution in [-0.2, 0) is 0 Å². The Balaban J connectivity index is 1.87. The maximum absolute atomic E-state index is 3.95. The normalized spacial score (nSPS) is 36.2. The minimum Gasteiger partial charge on any atom is -0.307 e. The highest BCUT2D eigenvalue weighted by Crippen LogP contribution is 2.28. The molecule has 1 saturated heterocycles. The Morgan fingerprint density at radius 1 is 1.12 bits per heavy atom. The molecule has 2 unspecified atom stereocenters. The molecule has 0 aromatic heterocycles. The minimum absolute atomic E-state index is 0.423. The lowest BCUT2D eigenvalue weighted by molar-refractivity contribution is 0.270. The molecule has 1 heterocycles. The van der Waals surface area contributed by atoms with E-state index in [9.17, 15) is 0 Å². The highest BCUT2D eigenvalue weighted by molar-refractivity contribution is 4.93. The molecule has 0 amide bonds. The lowest BCUT2D eigenvalue weighted by Gasteiger charge is -2.33. The molecule has 0 bridgehead atoms. The smallest absolute Gasteiger partial charge is 0.0214 e. The van der Waals surface area contributed by atoms with Gasteiger partial charge in [-0.15, -0.1) is 0 Å². The second kappa shape index (κ2) is 5.05. The van der Waals surface area contributed by atoms with E-state index in [1.165, 1.54) is 51.5 Å². The molecule has 1 N–H and O–H groups in total. The van der Waals surface area contributed by atoms with Crippen LogP contribution in [0, 0.1) is 0 Å². The second-order valence-electron chi connectivity index (χ2n) is 6.34. The maximum atomic E-state index is 3.95. The van der Waals surface area contributed by atoms with Gasteiger partial charge in [0, 0.05) is 24.2 Å². The van der Waals surface area contributed by atoms with Gasteiger partial charge in [-0.2, -0.15) is 0 Å². The molecule has 94 valence electrons. The summed E-state index contributed by atoms with van der Waals surface area (Å²) in [7, 11) is 2.25. The molecule has 0 aromatic rings. The van der Waals surface area contributed by atoms with Crippen LogP contribution in [0.3, 0.4) is 0 Å². The van der Waals surface area contributed by atoms with Crippen LogP contribution in [0.15, 0.2) is 0 Å². The first-order valence-corrected chi connectivity index (χ1v) is 7.07. The Hall–Kier alpha value is -0.0800. The molecule has 2 rings (SSSR count). The number of hydrogen-bond acceptors (Lipinski definition) is 2. The van der Waals surface area contributed by atoms with E-state index in [1.54, 1.807) is 0 Å². The van der Waals surface area contributed by atoms with Crippen LogP contribution in [0.25, 0.3) is 0 Å². The van der Waals surface area contributed by atoms with Crippen molar-refractivity contribution in [3.05, 3.63) is 0 Å². The van der Waals surface area contributed by atoms with Gasteiger partial charge in [-0.1, -0.05) is 25.7 Å². The summed E-state index contributed by atoms with van der Waals surface area (Å²) in [5, 5.41) is 3.95. The summed E-state index contributed by atoms with van der Waals surface area (Å²) >= 11 is 0. The third-order valence-electron chi connectivity index (χ3n) is 4.65. The van der Waals surface area contributed by atoms with E-state index in [0.29, 0.717) is 5.54 Å². The van der Waals surface area contributed by atoms with Crippen LogP contribution in [-0.4, -0.2) is 36.1 Å². The number of likely N-dealkylation sites (N-methyl/N-ethyl adjacent to an activating group) is 1. The highest BCUT2D eigenvalue weighted by Gasteiger charge is 2.32. The van der Waals surface area contributed by atoms with Gasteiger partial charge in [0.2, 0.25) is 0 Å². The van der Waals surface area contributed by atoms with Crippen molar-refractivity contribution in [1.82, 2.24) is 10.2 Å². The molecule has 1 aliphatic heterocycles. The molecule has 2 fully saturated rings. The van der Waals surface area contributed by atoms with Gasteiger partial charge in [0.05, 0.1) is 0 Å². The maximum Gasteiger partial charge on any atom is 0.0214 e. The van der Waals surface area contributed by atoms with E-state index in [2.05, 4.69) is 31.1 Å². The van der Waals surface area contributed by atoms with Crippen molar-refractivity contribution in [1.29, 1.82) is 0 Å². The third-order valence-corrected chi connectivity index (χ3v) is 4.65. The van der Waals surface area contributed by atoms with Crippen LogP contribution in [0.1, 0.15) is 58.8 Å². The number of likely N-dealkylation sites (tertiary alicyclic amines) is 1. The van der Waals surface area contributed by atoms with Crippen LogP contribution < -0.4 is 5.32 Å². The summed E-state index contributed by atoms with van der Waals surface area (Å²) < 4.78 is 0. The van der Waals surface area contributed by atoms with Gasteiger partial charge in [0.15, 0.2) is 0 Å². The van der Waals surface area contributed by atoms with Crippen molar-refractivity contribution in [2.75, 3.05) is 13.6 Å². The Bertz CT molecular complexity index is 209. The summed E-state index contributed by atoms with van der Waals surface area (Å²) in [5.74, 6) is 0. The standard InChI is InChI=1S/C14H28N2/c1-12-10-13(11-16(12)3)15-14(2)8-6-4-5-7-9-14/h12-13,15H,4-11H2,1-3H3. The van der Waals surface area contributed by atoms with Crippen molar-refractivity contribution < 1.29 is 0 Å². The zero-order chi connectivity index (χ0) is 11.6. The summed E-state index contributed by atoms with van der Waals surface area (Å²) in [4.78, 5) is 2.48.